The number of nitrogens with zero attached hydrogens (tertiary/aromatic N) is 1. The maximum Gasteiger partial charge on any atom is 0.245 e. The second-order valence-electron chi connectivity index (χ2n) is 3.94. The normalized spacial score (nSPS) is 20.7. The summed E-state index contributed by atoms with van der Waals surface area (Å²) in [4.78, 5) is 15.9. The van der Waals surface area contributed by atoms with Crippen LogP contribution in [-0.4, -0.2) is 36.6 Å². The van der Waals surface area contributed by atoms with Crippen LogP contribution >= 0.6 is 11.8 Å². The van der Waals surface area contributed by atoms with Crippen molar-refractivity contribution in [3.63, 3.8) is 0 Å². The number of aliphatic imine (C=N–C) groups is 1. The Balaban J connectivity index is 1.85. The summed E-state index contributed by atoms with van der Waals surface area (Å²) >= 11 is 1.59. The van der Waals surface area contributed by atoms with Gasteiger partial charge in [0.25, 0.3) is 0 Å². The number of rotatable bonds is 2. The second kappa shape index (κ2) is 4.53. The Kier molecular flexibility index (Phi) is 2.87. The third kappa shape index (κ3) is 1.92. The van der Waals surface area contributed by atoms with E-state index in [0.29, 0.717) is 5.75 Å². The van der Waals surface area contributed by atoms with Gasteiger partial charge in [0.15, 0.2) is 11.5 Å². The third-order valence-electron chi connectivity index (χ3n) is 2.82. The van der Waals surface area contributed by atoms with Crippen molar-refractivity contribution in [2.24, 2.45) is 4.99 Å². The molecule has 2 heterocycles. The van der Waals surface area contributed by atoms with Gasteiger partial charge in [-0.2, -0.15) is 0 Å². The minimum Gasteiger partial charge on any atom is -0.454 e. The molecule has 0 fully saturated rings. The molecule has 2 aliphatic heterocycles. The zero-order chi connectivity index (χ0) is 12.5. The Hall–Kier alpha value is -1.69. The summed E-state index contributed by atoms with van der Waals surface area (Å²) in [6.07, 6.45) is 0. The predicted octanol–water partition coefficient (Wildman–Crippen LogP) is 1.02. The highest BCUT2D eigenvalue weighted by Crippen LogP contribution is 2.34. The van der Waals surface area contributed by atoms with E-state index in [1.165, 1.54) is 0 Å². The van der Waals surface area contributed by atoms with E-state index in [1.54, 1.807) is 18.8 Å². The first-order chi connectivity index (χ1) is 8.78. The fourth-order valence-corrected chi connectivity index (χ4v) is 2.90. The van der Waals surface area contributed by atoms with E-state index < -0.39 is 0 Å². The SMILES string of the molecule is CNC(=O)[C@@H]1CSC(c2ccc3c(c2)OCO3)=N1. The number of carbonyl (C=O) groups is 1. The van der Waals surface area contributed by atoms with Gasteiger partial charge in [-0.25, -0.2) is 0 Å². The Morgan fingerprint density at radius 2 is 2.28 bits per heavy atom. The smallest absolute Gasteiger partial charge is 0.245 e. The molecule has 6 heteroatoms. The van der Waals surface area contributed by atoms with E-state index in [1.807, 2.05) is 18.2 Å². The van der Waals surface area contributed by atoms with Crippen LogP contribution in [0.3, 0.4) is 0 Å². The third-order valence-corrected chi connectivity index (χ3v) is 3.92. The maximum absolute atomic E-state index is 11.5. The summed E-state index contributed by atoms with van der Waals surface area (Å²) in [6.45, 7) is 0.263. The highest BCUT2D eigenvalue weighted by atomic mass is 32.2. The molecule has 18 heavy (non-hydrogen) atoms. The molecule has 0 radical (unpaired) electrons. The predicted molar refractivity (Wildman–Crippen MR) is 69.4 cm³/mol. The molecule has 0 aromatic heterocycles. The van der Waals surface area contributed by atoms with Gasteiger partial charge in [-0.05, 0) is 18.2 Å². The number of amides is 1. The molecule has 0 aliphatic carbocycles. The van der Waals surface area contributed by atoms with E-state index in [4.69, 9.17) is 9.47 Å². The van der Waals surface area contributed by atoms with Crippen LogP contribution in [0.1, 0.15) is 5.56 Å². The lowest BCUT2D eigenvalue weighted by Gasteiger charge is -2.02. The molecular weight excluding hydrogens is 252 g/mol. The molecule has 5 nitrogen and oxygen atoms in total. The molecule has 1 aromatic carbocycles. The number of likely N-dealkylation sites (N-methyl/N-ethyl adjacent to an activating group) is 1. The number of hydrogen-bond acceptors (Lipinski definition) is 5. The van der Waals surface area contributed by atoms with Gasteiger partial charge in [0, 0.05) is 18.4 Å². The average molecular weight is 264 g/mol. The summed E-state index contributed by atoms with van der Waals surface area (Å²) in [6, 6.07) is 5.42. The van der Waals surface area contributed by atoms with Gasteiger partial charge in [0.05, 0.1) is 5.04 Å². The summed E-state index contributed by atoms with van der Waals surface area (Å²) in [5, 5.41) is 3.49. The molecule has 1 atom stereocenters. The number of benzene rings is 1. The van der Waals surface area contributed by atoms with E-state index in [0.717, 1.165) is 22.1 Å². The molecule has 0 spiro atoms. The fraction of sp³-hybridized carbons (Fsp3) is 0.333. The summed E-state index contributed by atoms with van der Waals surface area (Å²) < 4.78 is 10.6. The summed E-state index contributed by atoms with van der Waals surface area (Å²) in [5.74, 6) is 2.13. The zero-order valence-corrected chi connectivity index (χ0v) is 10.6. The van der Waals surface area contributed by atoms with Crippen LogP contribution in [-0.2, 0) is 4.79 Å². The molecule has 3 rings (SSSR count). The summed E-state index contributed by atoms with van der Waals surface area (Å²) in [5.41, 5.74) is 0.968. The van der Waals surface area contributed by atoms with Gasteiger partial charge in [-0.15, -0.1) is 11.8 Å². The molecule has 0 bridgehead atoms. The topological polar surface area (TPSA) is 59.9 Å². The number of fused-ring (bicyclic) bond motifs is 1. The highest BCUT2D eigenvalue weighted by molar-refractivity contribution is 8.14. The van der Waals surface area contributed by atoms with Crippen molar-refractivity contribution >= 4 is 22.7 Å². The molecule has 1 N–H and O–H groups in total. The van der Waals surface area contributed by atoms with Crippen LogP contribution in [0, 0.1) is 0 Å². The molecule has 1 aromatic rings. The van der Waals surface area contributed by atoms with Crippen molar-refractivity contribution in [1.82, 2.24) is 5.32 Å². The van der Waals surface area contributed by atoms with Gasteiger partial charge in [0.2, 0.25) is 12.7 Å². The van der Waals surface area contributed by atoms with Crippen molar-refractivity contribution < 1.29 is 14.3 Å². The summed E-state index contributed by atoms with van der Waals surface area (Å²) in [7, 11) is 1.63. The largest absolute Gasteiger partial charge is 0.454 e. The number of nitrogens with one attached hydrogen (secondary N) is 1. The van der Waals surface area contributed by atoms with E-state index in [9.17, 15) is 4.79 Å². The minimum absolute atomic E-state index is 0.0433. The van der Waals surface area contributed by atoms with E-state index in [2.05, 4.69) is 10.3 Å². The first-order valence-electron chi connectivity index (χ1n) is 5.60. The molecule has 1 amide bonds. The first-order valence-corrected chi connectivity index (χ1v) is 6.58. The molecular formula is C12H12N2O3S. The zero-order valence-electron chi connectivity index (χ0n) is 9.80. The van der Waals surface area contributed by atoms with E-state index >= 15 is 0 Å². The standard InChI is InChI=1S/C12H12N2O3S/c1-13-11(15)8-5-18-12(14-8)7-2-3-9-10(4-7)17-6-16-9/h2-4,8H,5-6H2,1H3,(H,13,15)/t8-/m0/s1. The van der Waals surface area contributed by atoms with Gasteiger partial charge < -0.3 is 14.8 Å². The van der Waals surface area contributed by atoms with Crippen molar-refractivity contribution in [2.75, 3.05) is 19.6 Å². The fourth-order valence-electron chi connectivity index (χ4n) is 1.86. The van der Waals surface area contributed by atoms with Crippen LogP contribution in [0.2, 0.25) is 0 Å². The Bertz CT molecular complexity index is 530. The van der Waals surface area contributed by atoms with Gasteiger partial charge >= 0.3 is 0 Å². The monoisotopic (exact) mass is 264 g/mol. The van der Waals surface area contributed by atoms with Gasteiger partial charge in [0.1, 0.15) is 6.04 Å². The van der Waals surface area contributed by atoms with Gasteiger partial charge in [-0.1, -0.05) is 0 Å². The van der Waals surface area contributed by atoms with Crippen LogP contribution in [0.25, 0.3) is 0 Å². The lowest BCUT2D eigenvalue weighted by Crippen LogP contribution is -2.30. The van der Waals surface area contributed by atoms with Crippen molar-refractivity contribution in [2.45, 2.75) is 6.04 Å². The molecule has 94 valence electrons. The number of ether oxygens (including phenoxy) is 2. The number of hydrogen-bond donors (Lipinski definition) is 1. The Morgan fingerprint density at radius 3 is 3.11 bits per heavy atom. The van der Waals surface area contributed by atoms with E-state index in [-0.39, 0.29) is 18.7 Å². The molecule has 2 aliphatic rings. The molecule has 0 unspecified atom stereocenters. The van der Waals surface area contributed by atoms with Crippen LogP contribution in [0.5, 0.6) is 11.5 Å². The van der Waals surface area contributed by atoms with Crippen molar-refractivity contribution in [3.05, 3.63) is 23.8 Å². The first kappa shape index (κ1) is 11.4. The van der Waals surface area contributed by atoms with Crippen molar-refractivity contribution in [3.8, 4) is 11.5 Å². The van der Waals surface area contributed by atoms with Crippen LogP contribution in [0.4, 0.5) is 0 Å². The second-order valence-corrected chi connectivity index (χ2v) is 4.95. The van der Waals surface area contributed by atoms with Crippen molar-refractivity contribution in [1.29, 1.82) is 0 Å². The quantitative estimate of drug-likeness (QED) is 0.866. The lowest BCUT2D eigenvalue weighted by atomic mass is 10.2. The minimum atomic E-state index is -0.291. The highest BCUT2D eigenvalue weighted by Gasteiger charge is 2.25. The Morgan fingerprint density at radius 1 is 1.44 bits per heavy atom. The maximum atomic E-state index is 11.5. The number of thioether (sulfide) groups is 1. The lowest BCUT2D eigenvalue weighted by molar-refractivity contribution is -0.121. The van der Waals surface area contributed by atoms with Crippen LogP contribution < -0.4 is 14.8 Å². The van der Waals surface area contributed by atoms with Crippen LogP contribution in [0.15, 0.2) is 23.2 Å². The number of carbonyl (C=O) groups excluding carboxylic acids is 1. The average Bonchev–Trinajstić information content (AvgIpc) is 3.05. The molecule has 0 saturated carbocycles. The molecule has 0 saturated heterocycles. The Labute approximate surface area is 109 Å². The van der Waals surface area contributed by atoms with Gasteiger partial charge in [-0.3, -0.25) is 9.79 Å².